The van der Waals surface area contributed by atoms with E-state index < -0.39 is 5.97 Å². The summed E-state index contributed by atoms with van der Waals surface area (Å²) in [4.78, 5) is 19.1. The van der Waals surface area contributed by atoms with Crippen molar-refractivity contribution >= 4 is 5.97 Å². The summed E-state index contributed by atoms with van der Waals surface area (Å²) in [6, 6.07) is 8.52. The average Bonchev–Trinajstić information content (AvgIpc) is 2.39. The van der Waals surface area contributed by atoms with Gasteiger partial charge in [-0.2, -0.15) is 4.98 Å². The monoisotopic (exact) mass is 230 g/mol. The number of aromatic nitrogens is 2. The Bertz CT molecular complexity index is 555. The van der Waals surface area contributed by atoms with E-state index in [2.05, 4.69) is 9.97 Å². The molecule has 86 valence electrons. The Morgan fingerprint density at radius 3 is 2.76 bits per heavy atom. The molecule has 0 radical (unpaired) electrons. The zero-order valence-electron chi connectivity index (χ0n) is 9.12. The van der Waals surface area contributed by atoms with E-state index >= 15 is 0 Å². The summed E-state index contributed by atoms with van der Waals surface area (Å²) in [5.74, 6) is -0.988. The lowest BCUT2D eigenvalue weighted by Crippen LogP contribution is -2.01. The Hall–Kier alpha value is -2.43. The number of carboxylic acid groups (broad SMARTS) is 1. The van der Waals surface area contributed by atoms with Gasteiger partial charge in [0, 0.05) is 11.8 Å². The van der Waals surface area contributed by atoms with Gasteiger partial charge in [0.1, 0.15) is 0 Å². The number of rotatable bonds is 3. The molecule has 0 fully saturated rings. The standard InChI is InChI=1S/C12H10N2O3/c1-17-12-13-7-6-10(14-12)8-4-2-3-5-9(8)11(15)16/h2-7H,1H3,(H,15,16). The average molecular weight is 230 g/mol. The third-order valence-corrected chi connectivity index (χ3v) is 2.25. The van der Waals surface area contributed by atoms with Crippen LogP contribution in [-0.2, 0) is 0 Å². The second-order valence-electron chi connectivity index (χ2n) is 3.28. The highest BCUT2D eigenvalue weighted by Gasteiger charge is 2.12. The highest BCUT2D eigenvalue weighted by atomic mass is 16.5. The molecule has 5 heteroatoms. The van der Waals surface area contributed by atoms with E-state index in [0.717, 1.165) is 0 Å². The van der Waals surface area contributed by atoms with Crippen molar-refractivity contribution in [3.05, 3.63) is 42.1 Å². The summed E-state index contributed by atoms with van der Waals surface area (Å²) in [7, 11) is 1.46. The van der Waals surface area contributed by atoms with Crippen LogP contribution in [0.4, 0.5) is 0 Å². The maximum atomic E-state index is 11.1. The quantitative estimate of drug-likeness (QED) is 0.871. The van der Waals surface area contributed by atoms with Crippen LogP contribution in [0, 0.1) is 0 Å². The van der Waals surface area contributed by atoms with Gasteiger partial charge < -0.3 is 9.84 Å². The van der Waals surface area contributed by atoms with Gasteiger partial charge in [-0.05, 0) is 12.1 Å². The van der Waals surface area contributed by atoms with Crippen molar-refractivity contribution in [3.8, 4) is 17.3 Å². The van der Waals surface area contributed by atoms with Gasteiger partial charge in [0.05, 0.1) is 18.4 Å². The predicted octanol–water partition coefficient (Wildman–Crippen LogP) is 1.85. The Morgan fingerprint density at radius 1 is 1.29 bits per heavy atom. The maximum Gasteiger partial charge on any atom is 0.336 e. The molecule has 0 amide bonds. The fourth-order valence-corrected chi connectivity index (χ4v) is 1.48. The van der Waals surface area contributed by atoms with Crippen molar-refractivity contribution in [2.45, 2.75) is 0 Å². The minimum Gasteiger partial charge on any atom is -0.478 e. The highest BCUT2D eigenvalue weighted by molar-refractivity contribution is 5.95. The van der Waals surface area contributed by atoms with Crippen LogP contribution in [-0.4, -0.2) is 28.2 Å². The Balaban J connectivity index is 2.56. The molecule has 0 saturated carbocycles. The first kappa shape index (κ1) is 11.1. The summed E-state index contributed by atoms with van der Waals surface area (Å²) >= 11 is 0. The zero-order valence-corrected chi connectivity index (χ0v) is 9.12. The van der Waals surface area contributed by atoms with Crippen molar-refractivity contribution in [1.82, 2.24) is 9.97 Å². The number of carbonyl (C=O) groups is 1. The van der Waals surface area contributed by atoms with E-state index in [1.54, 1.807) is 24.3 Å². The van der Waals surface area contributed by atoms with Crippen LogP contribution in [0.25, 0.3) is 11.3 Å². The molecule has 0 unspecified atom stereocenters. The van der Waals surface area contributed by atoms with Gasteiger partial charge in [-0.25, -0.2) is 9.78 Å². The molecule has 17 heavy (non-hydrogen) atoms. The van der Waals surface area contributed by atoms with Crippen LogP contribution >= 0.6 is 0 Å². The first-order valence-electron chi connectivity index (χ1n) is 4.92. The molecule has 0 atom stereocenters. The van der Waals surface area contributed by atoms with Gasteiger partial charge in [0.2, 0.25) is 0 Å². The highest BCUT2D eigenvalue weighted by Crippen LogP contribution is 2.22. The summed E-state index contributed by atoms with van der Waals surface area (Å²) in [5, 5.41) is 9.08. The lowest BCUT2D eigenvalue weighted by molar-refractivity contribution is 0.0697. The number of methoxy groups -OCH3 is 1. The Kier molecular flexibility index (Phi) is 3.00. The summed E-state index contributed by atoms with van der Waals surface area (Å²) in [6.45, 7) is 0. The molecular weight excluding hydrogens is 220 g/mol. The van der Waals surface area contributed by atoms with Crippen LogP contribution < -0.4 is 4.74 Å². The molecule has 0 aliphatic rings. The molecule has 1 N–H and O–H groups in total. The molecule has 0 saturated heterocycles. The topological polar surface area (TPSA) is 72.3 Å². The van der Waals surface area contributed by atoms with Gasteiger partial charge in [0.15, 0.2) is 0 Å². The number of carboxylic acids is 1. The molecule has 2 aromatic rings. The van der Waals surface area contributed by atoms with Crippen LogP contribution in [0.15, 0.2) is 36.5 Å². The molecule has 0 bridgehead atoms. The first-order valence-corrected chi connectivity index (χ1v) is 4.92. The number of hydrogen-bond donors (Lipinski definition) is 1. The van der Waals surface area contributed by atoms with Crippen LogP contribution in [0.2, 0.25) is 0 Å². The smallest absolute Gasteiger partial charge is 0.336 e. The van der Waals surface area contributed by atoms with E-state index in [0.29, 0.717) is 11.3 Å². The fraction of sp³-hybridized carbons (Fsp3) is 0.0833. The van der Waals surface area contributed by atoms with E-state index in [1.165, 1.54) is 19.4 Å². The van der Waals surface area contributed by atoms with Gasteiger partial charge in [-0.15, -0.1) is 0 Å². The Labute approximate surface area is 97.7 Å². The van der Waals surface area contributed by atoms with E-state index in [9.17, 15) is 4.79 Å². The molecule has 2 rings (SSSR count). The van der Waals surface area contributed by atoms with Crippen molar-refractivity contribution in [2.75, 3.05) is 7.11 Å². The van der Waals surface area contributed by atoms with E-state index in [4.69, 9.17) is 9.84 Å². The fourth-order valence-electron chi connectivity index (χ4n) is 1.48. The molecule has 1 aromatic carbocycles. The first-order chi connectivity index (χ1) is 8.22. The maximum absolute atomic E-state index is 11.1. The minimum atomic E-state index is -0.988. The molecular formula is C12H10N2O3. The number of ether oxygens (including phenoxy) is 1. The second kappa shape index (κ2) is 4.61. The summed E-state index contributed by atoms with van der Waals surface area (Å²) in [5.41, 5.74) is 1.27. The van der Waals surface area contributed by atoms with Crippen molar-refractivity contribution in [2.24, 2.45) is 0 Å². The van der Waals surface area contributed by atoms with Gasteiger partial charge >= 0.3 is 12.0 Å². The lowest BCUT2D eigenvalue weighted by Gasteiger charge is -2.05. The third-order valence-electron chi connectivity index (χ3n) is 2.25. The molecule has 0 aliphatic carbocycles. The van der Waals surface area contributed by atoms with Crippen LogP contribution in [0.1, 0.15) is 10.4 Å². The lowest BCUT2D eigenvalue weighted by atomic mass is 10.0. The van der Waals surface area contributed by atoms with Crippen molar-refractivity contribution in [3.63, 3.8) is 0 Å². The predicted molar refractivity (Wildman–Crippen MR) is 61.0 cm³/mol. The molecule has 5 nitrogen and oxygen atoms in total. The molecule has 0 aliphatic heterocycles. The molecule has 1 aromatic heterocycles. The number of hydrogen-bond acceptors (Lipinski definition) is 4. The SMILES string of the molecule is COc1nccc(-c2ccccc2C(=O)O)n1. The number of benzene rings is 1. The van der Waals surface area contributed by atoms with Crippen molar-refractivity contribution < 1.29 is 14.6 Å². The van der Waals surface area contributed by atoms with E-state index in [1.807, 2.05) is 0 Å². The van der Waals surface area contributed by atoms with Crippen molar-refractivity contribution in [1.29, 1.82) is 0 Å². The van der Waals surface area contributed by atoms with Gasteiger partial charge in [0.25, 0.3) is 0 Å². The summed E-state index contributed by atoms with van der Waals surface area (Å²) < 4.78 is 4.91. The summed E-state index contributed by atoms with van der Waals surface area (Å²) in [6.07, 6.45) is 1.53. The van der Waals surface area contributed by atoms with Gasteiger partial charge in [-0.1, -0.05) is 18.2 Å². The number of aromatic carboxylic acids is 1. The largest absolute Gasteiger partial charge is 0.478 e. The zero-order chi connectivity index (χ0) is 12.3. The van der Waals surface area contributed by atoms with E-state index in [-0.39, 0.29) is 11.6 Å². The third kappa shape index (κ3) is 2.23. The number of nitrogens with zero attached hydrogens (tertiary/aromatic N) is 2. The Morgan fingerprint density at radius 2 is 2.06 bits per heavy atom. The molecule has 1 heterocycles. The van der Waals surface area contributed by atoms with Crippen LogP contribution in [0.3, 0.4) is 0 Å². The second-order valence-corrected chi connectivity index (χ2v) is 3.28. The van der Waals surface area contributed by atoms with Crippen LogP contribution in [0.5, 0.6) is 6.01 Å². The van der Waals surface area contributed by atoms with Gasteiger partial charge in [-0.3, -0.25) is 0 Å². The minimum absolute atomic E-state index is 0.202. The molecule has 0 spiro atoms. The normalized spacial score (nSPS) is 9.94.